The Kier molecular flexibility index (Phi) is 61.1. The average Bonchev–Trinajstić information content (AvgIpc) is 3.39. The predicted molar refractivity (Wildman–Crippen MR) is 317 cm³/mol. The lowest BCUT2D eigenvalue weighted by Crippen LogP contribution is -2.30. The summed E-state index contributed by atoms with van der Waals surface area (Å²) in [5, 5.41) is 0. The van der Waals surface area contributed by atoms with E-state index in [1.54, 1.807) is 0 Å². The van der Waals surface area contributed by atoms with Crippen LogP contribution in [0.4, 0.5) is 0 Å². The third kappa shape index (κ3) is 60.9. The molecule has 0 aliphatic heterocycles. The number of carbonyl (C=O) groups excluding carboxylic acids is 3. The van der Waals surface area contributed by atoms with Gasteiger partial charge in [0.25, 0.3) is 0 Å². The minimum absolute atomic E-state index is 0.0653. The number of unbranched alkanes of at least 4 members (excludes halogenated alkanes) is 49. The molecule has 0 saturated heterocycles. The summed E-state index contributed by atoms with van der Waals surface area (Å²) in [5.74, 6) is -0.839. The van der Waals surface area contributed by atoms with Gasteiger partial charge < -0.3 is 14.2 Å². The van der Waals surface area contributed by atoms with E-state index in [1.807, 2.05) is 0 Å². The topological polar surface area (TPSA) is 78.9 Å². The number of ether oxygens (including phenoxy) is 3. The van der Waals surface area contributed by atoms with Gasteiger partial charge in [-0.3, -0.25) is 14.4 Å². The molecule has 0 fully saturated rings. The van der Waals surface area contributed by atoms with Crippen molar-refractivity contribution in [2.45, 2.75) is 386 Å². The molecule has 432 valence electrons. The van der Waals surface area contributed by atoms with E-state index < -0.39 is 6.10 Å². The molecule has 0 amide bonds. The molecule has 0 aliphatic carbocycles. The average molecular weight is 1030 g/mol. The van der Waals surface area contributed by atoms with Gasteiger partial charge in [0.05, 0.1) is 0 Å². The summed E-state index contributed by atoms with van der Waals surface area (Å²) in [6, 6.07) is 0. The van der Waals surface area contributed by atoms with Crippen LogP contribution >= 0.6 is 0 Å². The smallest absolute Gasteiger partial charge is 0.306 e. The normalized spacial score (nSPS) is 12.0. The van der Waals surface area contributed by atoms with Crippen molar-refractivity contribution >= 4 is 17.9 Å². The van der Waals surface area contributed by atoms with Crippen LogP contribution in [-0.2, 0) is 28.6 Å². The number of allylic oxidation sites excluding steroid dienone is 2. The molecule has 0 radical (unpaired) electrons. The molecule has 0 aromatic rings. The highest BCUT2D eigenvalue weighted by molar-refractivity contribution is 5.71. The fraction of sp³-hybridized carbons (Fsp3) is 0.925. The Balaban J connectivity index is 4.19. The largest absolute Gasteiger partial charge is 0.462 e. The first-order valence-electron chi connectivity index (χ1n) is 33.2. The van der Waals surface area contributed by atoms with E-state index in [-0.39, 0.29) is 31.1 Å². The van der Waals surface area contributed by atoms with E-state index in [0.29, 0.717) is 19.3 Å². The minimum Gasteiger partial charge on any atom is -0.462 e. The summed E-state index contributed by atoms with van der Waals surface area (Å²) in [7, 11) is 0. The predicted octanol–water partition coefficient (Wildman–Crippen LogP) is 22.4. The van der Waals surface area contributed by atoms with Crippen molar-refractivity contribution in [2.24, 2.45) is 0 Å². The van der Waals surface area contributed by atoms with Gasteiger partial charge in [0, 0.05) is 19.3 Å². The van der Waals surface area contributed by atoms with E-state index in [2.05, 4.69) is 32.9 Å². The van der Waals surface area contributed by atoms with Crippen LogP contribution in [-0.4, -0.2) is 37.2 Å². The summed E-state index contributed by atoms with van der Waals surface area (Å²) in [6.07, 6.45) is 73.7. The Morgan fingerprint density at radius 3 is 0.685 bits per heavy atom. The van der Waals surface area contributed by atoms with Crippen molar-refractivity contribution in [1.29, 1.82) is 0 Å². The molecule has 6 nitrogen and oxygen atoms in total. The third-order valence-corrected chi connectivity index (χ3v) is 15.3. The molecule has 1 atom stereocenters. The highest BCUT2D eigenvalue weighted by Crippen LogP contribution is 2.18. The fourth-order valence-electron chi connectivity index (χ4n) is 10.3. The molecule has 6 heteroatoms. The van der Waals surface area contributed by atoms with Crippen molar-refractivity contribution in [3.05, 3.63) is 12.2 Å². The number of hydrogen-bond acceptors (Lipinski definition) is 6. The quantitative estimate of drug-likeness (QED) is 0.0261. The van der Waals surface area contributed by atoms with Gasteiger partial charge in [0.15, 0.2) is 6.10 Å². The highest BCUT2D eigenvalue weighted by Gasteiger charge is 2.19. The second-order valence-electron chi connectivity index (χ2n) is 22.7. The van der Waals surface area contributed by atoms with E-state index in [1.165, 1.54) is 283 Å². The van der Waals surface area contributed by atoms with Gasteiger partial charge in [0.1, 0.15) is 13.2 Å². The minimum atomic E-state index is -0.768. The van der Waals surface area contributed by atoms with Crippen LogP contribution in [0.2, 0.25) is 0 Å². The number of esters is 3. The Morgan fingerprint density at radius 1 is 0.260 bits per heavy atom. The van der Waals surface area contributed by atoms with Crippen molar-refractivity contribution in [3.63, 3.8) is 0 Å². The molecule has 0 spiro atoms. The molecule has 0 N–H and O–H groups in total. The van der Waals surface area contributed by atoms with Gasteiger partial charge in [-0.15, -0.1) is 0 Å². The molecular weight excluding hydrogens is 901 g/mol. The first-order chi connectivity index (χ1) is 36.0. The lowest BCUT2D eigenvalue weighted by Gasteiger charge is -2.18. The van der Waals surface area contributed by atoms with E-state index in [4.69, 9.17) is 14.2 Å². The lowest BCUT2D eigenvalue weighted by atomic mass is 10.0. The molecular formula is C67H128O6. The standard InChI is InChI=1S/C67H128O6/c1-4-7-10-13-16-19-22-25-27-29-31-32-33-34-35-36-37-39-40-42-45-48-51-54-57-60-66(69)72-63-64(62-71-65(68)59-56-53-50-47-44-24-21-18-15-12-9-6-3)73-67(70)61-58-55-52-49-46-43-41-38-30-28-26-23-20-17-14-11-8-5-2/h28,30,64H,4-27,29,31-63H2,1-3H3/b30-28-. The van der Waals surface area contributed by atoms with Crippen LogP contribution in [0.1, 0.15) is 380 Å². The monoisotopic (exact) mass is 1030 g/mol. The van der Waals surface area contributed by atoms with Crippen LogP contribution < -0.4 is 0 Å². The Labute approximate surface area is 456 Å². The summed E-state index contributed by atoms with van der Waals surface area (Å²) in [4.78, 5) is 38.3. The van der Waals surface area contributed by atoms with Crippen molar-refractivity contribution in [2.75, 3.05) is 13.2 Å². The summed E-state index contributed by atoms with van der Waals surface area (Å²) >= 11 is 0. The first kappa shape index (κ1) is 71.2. The Bertz CT molecular complexity index is 1130. The van der Waals surface area contributed by atoms with Crippen LogP contribution in [0.15, 0.2) is 12.2 Å². The summed E-state index contributed by atoms with van der Waals surface area (Å²) < 4.78 is 16.9. The van der Waals surface area contributed by atoms with Crippen LogP contribution in [0, 0.1) is 0 Å². The third-order valence-electron chi connectivity index (χ3n) is 15.3. The molecule has 0 rings (SSSR count). The van der Waals surface area contributed by atoms with Crippen LogP contribution in [0.3, 0.4) is 0 Å². The van der Waals surface area contributed by atoms with Gasteiger partial charge >= 0.3 is 17.9 Å². The van der Waals surface area contributed by atoms with Gasteiger partial charge in [-0.05, 0) is 44.9 Å². The molecule has 73 heavy (non-hydrogen) atoms. The van der Waals surface area contributed by atoms with E-state index in [9.17, 15) is 14.4 Å². The number of hydrogen-bond donors (Lipinski definition) is 0. The molecule has 0 aliphatic rings. The zero-order valence-corrected chi connectivity index (χ0v) is 49.7. The maximum absolute atomic E-state index is 12.9. The molecule has 0 aromatic heterocycles. The van der Waals surface area contributed by atoms with Gasteiger partial charge in [-0.1, -0.05) is 328 Å². The Hall–Kier alpha value is -1.85. The molecule has 0 aromatic carbocycles. The lowest BCUT2D eigenvalue weighted by molar-refractivity contribution is -0.167. The van der Waals surface area contributed by atoms with Gasteiger partial charge in [0.2, 0.25) is 0 Å². The number of carbonyl (C=O) groups is 3. The first-order valence-corrected chi connectivity index (χ1v) is 33.2. The van der Waals surface area contributed by atoms with Crippen molar-refractivity contribution < 1.29 is 28.6 Å². The summed E-state index contributed by atoms with van der Waals surface area (Å²) in [6.45, 7) is 6.71. The molecule has 0 heterocycles. The SMILES string of the molecule is CCCCCCCCC/C=C\CCCCCCCCCC(=O)OC(COC(=O)CCCCCCCCCCCCCC)COC(=O)CCCCCCCCCCCCCCCCCCCCCCCCCCC. The zero-order valence-electron chi connectivity index (χ0n) is 49.7. The molecule has 0 bridgehead atoms. The molecule has 1 unspecified atom stereocenters. The van der Waals surface area contributed by atoms with Crippen molar-refractivity contribution in [1.82, 2.24) is 0 Å². The second-order valence-corrected chi connectivity index (χ2v) is 22.7. The highest BCUT2D eigenvalue weighted by atomic mass is 16.6. The maximum atomic E-state index is 12.9. The van der Waals surface area contributed by atoms with Crippen molar-refractivity contribution in [3.8, 4) is 0 Å². The fourth-order valence-corrected chi connectivity index (χ4v) is 10.3. The maximum Gasteiger partial charge on any atom is 0.306 e. The van der Waals surface area contributed by atoms with Gasteiger partial charge in [-0.25, -0.2) is 0 Å². The van der Waals surface area contributed by atoms with E-state index in [0.717, 1.165) is 57.8 Å². The van der Waals surface area contributed by atoms with E-state index >= 15 is 0 Å². The Morgan fingerprint density at radius 2 is 0.452 bits per heavy atom. The van der Waals surface area contributed by atoms with Crippen LogP contribution in [0.5, 0.6) is 0 Å². The second kappa shape index (κ2) is 62.7. The number of rotatable bonds is 62. The summed E-state index contributed by atoms with van der Waals surface area (Å²) in [5.41, 5.74) is 0. The zero-order chi connectivity index (χ0) is 52.9. The van der Waals surface area contributed by atoms with Gasteiger partial charge in [-0.2, -0.15) is 0 Å². The van der Waals surface area contributed by atoms with Crippen LogP contribution in [0.25, 0.3) is 0 Å². The molecule has 0 saturated carbocycles.